The van der Waals surface area contributed by atoms with Crippen LogP contribution in [0.5, 0.6) is 5.75 Å². The summed E-state index contributed by atoms with van der Waals surface area (Å²) in [6.45, 7) is 2.56. The topological polar surface area (TPSA) is 89.5 Å². The molecule has 1 amide bonds. The Hall–Kier alpha value is -2.98. The number of rotatable bonds is 5. The molecule has 34 heavy (non-hydrogen) atoms. The average Bonchev–Trinajstić information content (AvgIpc) is 3.04. The zero-order valence-corrected chi connectivity index (χ0v) is 20.7. The van der Waals surface area contributed by atoms with Gasteiger partial charge in [0.05, 0.1) is 6.54 Å². The third-order valence-electron chi connectivity index (χ3n) is 5.66. The smallest absolute Gasteiger partial charge is 0.254 e. The lowest BCUT2D eigenvalue weighted by Crippen LogP contribution is -2.33. The molecule has 0 spiro atoms. The van der Waals surface area contributed by atoms with E-state index in [9.17, 15) is 17.6 Å². The quantitative estimate of drug-likeness (QED) is 0.386. The minimum absolute atomic E-state index is 0.0955. The van der Waals surface area contributed by atoms with Gasteiger partial charge >= 0.3 is 0 Å². The average molecular weight is 502 g/mol. The van der Waals surface area contributed by atoms with Gasteiger partial charge in [-0.2, -0.15) is 0 Å². The summed E-state index contributed by atoms with van der Waals surface area (Å²) in [5.41, 5.74) is 2.80. The molecular weight excluding hydrogens is 477 g/mol. The Kier molecular flexibility index (Phi) is 6.90. The summed E-state index contributed by atoms with van der Waals surface area (Å²) < 4.78 is 44.7. The maximum Gasteiger partial charge on any atom is 0.254 e. The van der Waals surface area contributed by atoms with E-state index in [1.807, 2.05) is 24.5 Å². The predicted octanol–water partition coefficient (Wildman–Crippen LogP) is 4.01. The third kappa shape index (κ3) is 4.78. The first-order valence-electron chi connectivity index (χ1n) is 10.7. The Bertz CT molecular complexity index is 1350. The normalized spacial score (nSPS) is 13.7. The Balaban J connectivity index is 1.66. The van der Waals surface area contributed by atoms with E-state index in [0.717, 1.165) is 29.0 Å². The Labute approximate surface area is 202 Å². The molecular formula is C24H24FN3O4S2. The van der Waals surface area contributed by atoms with E-state index in [1.165, 1.54) is 17.8 Å². The lowest BCUT2D eigenvalue weighted by atomic mass is 10.0. The van der Waals surface area contributed by atoms with Gasteiger partial charge in [-0.1, -0.05) is 24.8 Å². The van der Waals surface area contributed by atoms with Gasteiger partial charge in [0.15, 0.2) is 15.0 Å². The van der Waals surface area contributed by atoms with E-state index < -0.39 is 20.5 Å². The summed E-state index contributed by atoms with van der Waals surface area (Å²) in [5, 5.41) is 0.680. The van der Waals surface area contributed by atoms with Crippen molar-refractivity contribution in [2.45, 2.75) is 29.9 Å². The summed E-state index contributed by atoms with van der Waals surface area (Å²) in [6, 6.07) is 8.28. The predicted molar refractivity (Wildman–Crippen MR) is 128 cm³/mol. The highest BCUT2D eigenvalue weighted by atomic mass is 32.2. The molecule has 178 valence electrons. The zero-order chi connectivity index (χ0) is 24.5. The Morgan fingerprint density at radius 1 is 1.18 bits per heavy atom. The van der Waals surface area contributed by atoms with Crippen molar-refractivity contribution in [2.24, 2.45) is 0 Å². The molecule has 1 aliphatic rings. The number of nitrogens with zero attached hydrogens (tertiary/aromatic N) is 3. The molecule has 7 nitrogen and oxygen atoms in total. The summed E-state index contributed by atoms with van der Waals surface area (Å²) in [7, 11) is -3.75. The van der Waals surface area contributed by atoms with Crippen molar-refractivity contribution >= 4 is 27.5 Å². The van der Waals surface area contributed by atoms with Gasteiger partial charge in [-0.25, -0.2) is 22.8 Å². The number of hydrogen-bond donors (Lipinski definition) is 0. The van der Waals surface area contributed by atoms with Crippen LogP contribution in [0.25, 0.3) is 11.1 Å². The van der Waals surface area contributed by atoms with Gasteiger partial charge in [0.2, 0.25) is 0 Å². The fraction of sp³-hybridized carbons (Fsp3) is 0.292. The molecule has 4 rings (SSSR count). The number of carbonyl (C=O) groups excluding carboxylic acids is 1. The van der Waals surface area contributed by atoms with Crippen LogP contribution in [0.2, 0.25) is 0 Å². The summed E-state index contributed by atoms with van der Waals surface area (Å²) >= 11 is 1.46. The molecule has 0 atom stereocenters. The number of halogens is 1. The number of fused-ring (bicyclic) bond motifs is 1. The monoisotopic (exact) mass is 501 g/mol. The second-order valence-electron chi connectivity index (χ2n) is 7.89. The highest BCUT2D eigenvalue weighted by molar-refractivity contribution is 7.98. The maximum absolute atomic E-state index is 15.0. The number of thioether (sulfide) groups is 1. The van der Waals surface area contributed by atoms with Crippen LogP contribution >= 0.6 is 11.8 Å². The van der Waals surface area contributed by atoms with Crippen molar-refractivity contribution in [3.63, 3.8) is 0 Å². The van der Waals surface area contributed by atoms with E-state index in [-0.39, 0.29) is 36.6 Å². The SMILES string of the molecule is CCc1c(C(=O)N2CCOc3ccc(-c4cnc(SC)nc4)cc3C2)ccc(S(C)(=O)=O)c1F. The standard InChI is InChI=1S/C24H24FN3O4S2/c1-4-18-19(6-8-21(22(18)25)34(3,30)31)23(29)28-9-10-32-20-7-5-15(11-16(20)14-28)17-12-26-24(33-2)27-13-17/h5-8,11-13H,4,9-10,14H2,1-3H3. The van der Waals surface area contributed by atoms with E-state index in [1.54, 1.807) is 24.2 Å². The van der Waals surface area contributed by atoms with Crippen LogP contribution in [0, 0.1) is 5.82 Å². The summed E-state index contributed by atoms with van der Waals surface area (Å²) in [5.74, 6) is -0.557. The van der Waals surface area contributed by atoms with E-state index in [2.05, 4.69) is 9.97 Å². The Morgan fingerprint density at radius 2 is 1.91 bits per heavy atom. The van der Waals surface area contributed by atoms with Crippen molar-refractivity contribution in [2.75, 3.05) is 25.7 Å². The largest absolute Gasteiger partial charge is 0.491 e. The Morgan fingerprint density at radius 3 is 2.56 bits per heavy atom. The van der Waals surface area contributed by atoms with Crippen LogP contribution in [0.1, 0.15) is 28.4 Å². The van der Waals surface area contributed by atoms with Gasteiger partial charge in [-0.15, -0.1) is 0 Å². The molecule has 0 fully saturated rings. The number of aromatic nitrogens is 2. The molecule has 0 saturated heterocycles. The second kappa shape index (κ2) is 9.71. The number of hydrogen-bond acceptors (Lipinski definition) is 7. The fourth-order valence-electron chi connectivity index (χ4n) is 3.92. The molecule has 1 aromatic heterocycles. The molecule has 0 bridgehead atoms. The van der Waals surface area contributed by atoms with Gasteiger partial charge in [-0.3, -0.25) is 4.79 Å². The minimum atomic E-state index is -3.75. The van der Waals surface area contributed by atoms with Gasteiger partial charge < -0.3 is 9.64 Å². The number of amides is 1. The van der Waals surface area contributed by atoms with Gasteiger partial charge in [0, 0.05) is 47.4 Å². The van der Waals surface area contributed by atoms with Gasteiger partial charge in [0.1, 0.15) is 23.1 Å². The molecule has 3 aromatic rings. The molecule has 0 radical (unpaired) electrons. The van der Waals surface area contributed by atoms with Gasteiger partial charge in [-0.05, 0) is 42.5 Å². The molecule has 0 aliphatic carbocycles. The van der Waals surface area contributed by atoms with Crippen LogP contribution in [0.15, 0.2) is 52.8 Å². The molecule has 1 aliphatic heterocycles. The lowest BCUT2D eigenvalue weighted by molar-refractivity contribution is 0.0731. The third-order valence-corrected chi connectivity index (χ3v) is 7.35. The second-order valence-corrected chi connectivity index (χ2v) is 10.6. The molecule has 0 unspecified atom stereocenters. The van der Waals surface area contributed by atoms with E-state index >= 15 is 0 Å². The van der Waals surface area contributed by atoms with E-state index in [4.69, 9.17) is 4.74 Å². The highest BCUT2D eigenvalue weighted by Gasteiger charge is 2.27. The minimum Gasteiger partial charge on any atom is -0.491 e. The molecule has 2 heterocycles. The van der Waals surface area contributed by atoms with Crippen LogP contribution in [-0.4, -0.2) is 54.9 Å². The van der Waals surface area contributed by atoms with Crippen molar-refractivity contribution in [3.05, 3.63) is 65.2 Å². The number of ether oxygens (including phenoxy) is 1. The van der Waals surface area contributed by atoms with E-state index in [0.29, 0.717) is 17.5 Å². The van der Waals surface area contributed by atoms with Crippen LogP contribution in [-0.2, 0) is 22.8 Å². The van der Waals surface area contributed by atoms with Crippen molar-refractivity contribution in [3.8, 4) is 16.9 Å². The van der Waals surface area contributed by atoms with Gasteiger partial charge in [0.25, 0.3) is 5.91 Å². The molecule has 10 heteroatoms. The number of sulfone groups is 1. The maximum atomic E-state index is 15.0. The van der Waals surface area contributed by atoms with Crippen molar-refractivity contribution in [1.82, 2.24) is 14.9 Å². The van der Waals surface area contributed by atoms with Crippen LogP contribution in [0.3, 0.4) is 0 Å². The molecule has 0 saturated carbocycles. The van der Waals surface area contributed by atoms with Crippen molar-refractivity contribution < 1.29 is 22.3 Å². The lowest BCUT2D eigenvalue weighted by Gasteiger charge is -2.22. The first-order chi connectivity index (χ1) is 16.2. The molecule has 2 aromatic carbocycles. The molecule has 0 N–H and O–H groups in total. The first-order valence-corrected chi connectivity index (χ1v) is 13.8. The first kappa shape index (κ1) is 24.2. The zero-order valence-electron chi connectivity index (χ0n) is 19.0. The van der Waals surface area contributed by atoms with Crippen LogP contribution in [0.4, 0.5) is 4.39 Å². The highest BCUT2D eigenvalue weighted by Crippen LogP contribution is 2.31. The number of benzene rings is 2. The van der Waals surface area contributed by atoms with Crippen LogP contribution < -0.4 is 4.74 Å². The fourth-order valence-corrected chi connectivity index (χ4v) is 5.00. The van der Waals surface area contributed by atoms with Crippen molar-refractivity contribution in [1.29, 1.82) is 0 Å². The number of carbonyl (C=O) groups is 1. The summed E-state index contributed by atoms with van der Waals surface area (Å²) in [6.07, 6.45) is 6.55. The summed E-state index contributed by atoms with van der Waals surface area (Å²) in [4.78, 5) is 23.2.